The second-order valence-electron chi connectivity index (χ2n) is 6.27. The predicted octanol–water partition coefficient (Wildman–Crippen LogP) is 4.94. The number of benzene rings is 1. The lowest BCUT2D eigenvalue weighted by Crippen LogP contribution is -2.35. The molecule has 0 atom stereocenters. The van der Waals surface area contributed by atoms with Gasteiger partial charge in [0.05, 0.1) is 11.3 Å². The molecule has 1 saturated heterocycles. The number of alkyl halides is 3. The van der Waals surface area contributed by atoms with E-state index in [1.165, 1.54) is 6.07 Å². The van der Waals surface area contributed by atoms with E-state index < -0.39 is 11.7 Å². The molecule has 0 N–H and O–H groups in total. The zero-order chi connectivity index (χ0) is 18.2. The Kier molecular flexibility index (Phi) is 4.93. The number of hydrogen-bond acceptors (Lipinski definition) is 3. The summed E-state index contributed by atoms with van der Waals surface area (Å²) >= 11 is 5.91. The molecule has 0 bridgehead atoms. The average molecular weight is 371 g/mol. The summed E-state index contributed by atoms with van der Waals surface area (Å²) < 4.78 is 45.0. The van der Waals surface area contributed by atoms with E-state index in [0.29, 0.717) is 16.5 Å². The number of hydrogen-bond donors (Lipinski definition) is 0. The lowest BCUT2D eigenvalue weighted by atomic mass is 10.0. The van der Waals surface area contributed by atoms with Crippen LogP contribution in [0.5, 0.6) is 5.75 Å². The third kappa shape index (κ3) is 4.07. The number of piperidine rings is 1. The molecule has 0 radical (unpaired) electrons. The molecular weight excluding hydrogens is 353 g/mol. The fourth-order valence-corrected chi connectivity index (χ4v) is 3.14. The number of pyridine rings is 1. The van der Waals surface area contributed by atoms with Gasteiger partial charge in [0.15, 0.2) is 0 Å². The predicted molar refractivity (Wildman–Crippen MR) is 93.0 cm³/mol. The Balaban J connectivity index is 1.92. The van der Waals surface area contributed by atoms with Gasteiger partial charge >= 0.3 is 6.18 Å². The van der Waals surface area contributed by atoms with Crippen LogP contribution in [-0.2, 0) is 0 Å². The Morgan fingerprint density at radius 1 is 1.28 bits per heavy atom. The minimum absolute atomic E-state index is 0.00987. The molecule has 3 nitrogen and oxygen atoms in total. The van der Waals surface area contributed by atoms with Crippen LogP contribution in [0.15, 0.2) is 30.8 Å². The van der Waals surface area contributed by atoms with E-state index in [-0.39, 0.29) is 17.0 Å². The highest BCUT2D eigenvalue weighted by Crippen LogP contribution is 2.36. The van der Waals surface area contributed by atoms with Crippen molar-refractivity contribution in [2.45, 2.75) is 25.1 Å². The van der Waals surface area contributed by atoms with Gasteiger partial charge in [-0.2, -0.15) is 13.2 Å². The van der Waals surface area contributed by atoms with Crippen LogP contribution in [0.2, 0.25) is 5.15 Å². The minimum atomic E-state index is -4.56. The van der Waals surface area contributed by atoms with Crippen LogP contribution in [-0.4, -0.2) is 42.3 Å². The third-order valence-corrected chi connectivity index (χ3v) is 4.56. The Morgan fingerprint density at radius 2 is 1.96 bits per heavy atom. The van der Waals surface area contributed by atoms with Gasteiger partial charge < -0.3 is 9.64 Å². The van der Waals surface area contributed by atoms with Crippen molar-refractivity contribution in [3.8, 4) is 5.75 Å². The van der Waals surface area contributed by atoms with Crippen molar-refractivity contribution in [1.82, 2.24) is 9.88 Å². The summed E-state index contributed by atoms with van der Waals surface area (Å²) in [5.74, 6) is 0.618. The molecule has 1 aromatic carbocycles. The fourth-order valence-electron chi connectivity index (χ4n) is 2.94. The summed E-state index contributed by atoms with van der Waals surface area (Å²) in [5, 5.41) is 0.887. The Hall–Kier alpha value is -1.79. The molecule has 1 aliphatic rings. The monoisotopic (exact) mass is 370 g/mol. The van der Waals surface area contributed by atoms with Crippen LogP contribution in [0, 0.1) is 0 Å². The first-order valence-corrected chi connectivity index (χ1v) is 8.34. The SMILES string of the molecule is C=C(c1nc(Cl)cc2cc(OC3CCN(C)CC3)ccc12)C(F)(F)F. The molecule has 3 rings (SSSR count). The van der Waals surface area contributed by atoms with Crippen molar-refractivity contribution < 1.29 is 17.9 Å². The van der Waals surface area contributed by atoms with Gasteiger partial charge in [-0.25, -0.2) is 4.98 Å². The van der Waals surface area contributed by atoms with Gasteiger partial charge in [0.1, 0.15) is 17.0 Å². The first kappa shape index (κ1) is 18.0. The molecule has 2 heterocycles. The number of nitrogens with zero attached hydrogens (tertiary/aromatic N) is 2. The third-order valence-electron chi connectivity index (χ3n) is 4.37. The van der Waals surface area contributed by atoms with E-state index in [9.17, 15) is 13.2 Å². The number of allylic oxidation sites excluding steroid dienone is 1. The van der Waals surface area contributed by atoms with Crippen molar-refractivity contribution in [2.75, 3.05) is 20.1 Å². The molecule has 0 saturated carbocycles. The van der Waals surface area contributed by atoms with Crippen LogP contribution in [0.1, 0.15) is 18.5 Å². The summed E-state index contributed by atoms with van der Waals surface area (Å²) in [6.07, 6.45) is -2.62. The molecular formula is C18H18ClF3N2O. The Morgan fingerprint density at radius 3 is 2.60 bits per heavy atom. The van der Waals surface area contributed by atoms with Crippen molar-refractivity contribution in [1.29, 1.82) is 0 Å². The highest BCUT2D eigenvalue weighted by atomic mass is 35.5. The molecule has 2 aromatic rings. The Bertz CT molecular complexity index is 799. The van der Waals surface area contributed by atoms with Crippen molar-refractivity contribution in [2.24, 2.45) is 0 Å². The molecule has 0 unspecified atom stereocenters. The lowest BCUT2D eigenvalue weighted by Gasteiger charge is -2.29. The fraction of sp³-hybridized carbons (Fsp3) is 0.389. The number of ether oxygens (including phenoxy) is 1. The second kappa shape index (κ2) is 6.84. The quantitative estimate of drug-likeness (QED) is 0.716. The van der Waals surface area contributed by atoms with Crippen molar-refractivity contribution in [3.05, 3.63) is 41.7 Å². The van der Waals surface area contributed by atoms with E-state index in [2.05, 4.69) is 23.5 Å². The highest BCUT2D eigenvalue weighted by molar-refractivity contribution is 6.30. The van der Waals surface area contributed by atoms with Crippen molar-refractivity contribution >= 4 is 27.9 Å². The van der Waals surface area contributed by atoms with Crippen LogP contribution in [0.3, 0.4) is 0 Å². The maximum absolute atomic E-state index is 13.0. The van der Waals surface area contributed by atoms with E-state index in [4.69, 9.17) is 16.3 Å². The van der Waals surface area contributed by atoms with Gasteiger partial charge in [-0.1, -0.05) is 18.2 Å². The largest absolute Gasteiger partial charge is 0.490 e. The summed E-state index contributed by atoms with van der Waals surface area (Å²) in [5.41, 5.74) is -1.26. The summed E-state index contributed by atoms with van der Waals surface area (Å²) in [6, 6.07) is 6.48. The average Bonchev–Trinajstić information content (AvgIpc) is 2.54. The van der Waals surface area contributed by atoms with Crippen LogP contribution in [0.4, 0.5) is 13.2 Å². The Labute approximate surface area is 149 Å². The molecule has 1 aromatic heterocycles. The number of halogens is 4. The first-order valence-electron chi connectivity index (χ1n) is 7.96. The van der Waals surface area contributed by atoms with Gasteiger partial charge in [0, 0.05) is 18.5 Å². The molecule has 25 heavy (non-hydrogen) atoms. The summed E-state index contributed by atoms with van der Waals surface area (Å²) in [4.78, 5) is 6.06. The smallest absolute Gasteiger partial charge is 0.417 e. The zero-order valence-corrected chi connectivity index (χ0v) is 14.5. The molecule has 134 valence electrons. The zero-order valence-electron chi connectivity index (χ0n) is 13.7. The molecule has 1 aliphatic heterocycles. The minimum Gasteiger partial charge on any atom is -0.490 e. The summed E-state index contributed by atoms with van der Waals surface area (Å²) in [6.45, 7) is 5.05. The normalized spacial score (nSPS) is 17.0. The molecule has 7 heteroatoms. The topological polar surface area (TPSA) is 25.4 Å². The maximum Gasteiger partial charge on any atom is 0.417 e. The first-order chi connectivity index (χ1) is 11.7. The van der Waals surface area contributed by atoms with Gasteiger partial charge in [0.2, 0.25) is 0 Å². The maximum atomic E-state index is 13.0. The van der Waals surface area contributed by atoms with E-state index in [1.54, 1.807) is 18.2 Å². The van der Waals surface area contributed by atoms with Crippen LogP contribution in [0.25, 0.3) is 16.3 Å². The summed E-state index contributed by atoms with van der Waals surface area (Å²) in [7, 11) is 2.07. The molecule has 0 spiro atoms. The van der Waals surface area contributed by atoms with Gasteiger partial charge in [-0.05, 0) is 49.5 Å². The molecule has 1 fully saturated rings. The number of fused-ring (bicyclic) bond motifs is 1. The van der Waals surface area contributed by atoms with Crippen LogP contribution >= 0.6 is 11.6 Å². The molecule has 0 amide bonds. The number of aromatic nitrogens is 1. The van der Waals surface area contributed by atoms with Crippen LogP contribution < -0.4 is 4.74 Å². The van der Waals surface area contributed by atoms with Gasteiger partial charge in [-0.15, -0.1) is 0 Å². The van der Waals surface area contributed by atoms with E-state index in [1.807, 2.05) is 0 Å². The van der Waals surface area contributed by atoms with Gasteiger partial charge in [0.25, 0.3) is 0 Å². The highest BCUT2D eigenvalue weighted by Gasteiger charge is 2.35. The van der Waals surface area contributed by atoms with Crippen molar-refractivity contribution in [3.63, 3.8) is 0 Å². The lowest BCUT2D eigenvalue weighted by molar-refractivity contribution is -0.0688. The standard InChI is InChI=1S/C18H18ClF3N2O/c1-11(18(20,21)22)17-15-4-3-14(9-12(15)10-16(19)23-17)25-13-5-7-24(2)8-6-13/h3-4,9-10,13H,1,5-8H2,2H3. The molecule has 0 aliphatic carbocycles. The second-order valence-corrected chi connectivity index (χ2v) is 6.66. The van der Waals surface area contributed by atoms with E-state index in [0.717, 1.165) is 25.9 Å². The van der Waals surface area contributed by atoms with Gasteiger partial charge in [-0.3, -0.25) is 0 Å². The van der Waals surface area contributed by atoms with E-state index >= 15 is 0 Å². The number of likely N-dealkylation sites (tertiary alicyclic amines) is 1. The number of rotatable bonds is 3.